The number of nitrogens with zero attached hydrogens (tertiary/aromatic N) is 4. The molecule has 270 valence electrons. The second-order valence-corrected chi connectivity index (χ2v) is 14.1. The van der Waals surface area contributed by atoms with Crippen LogP contribution in [0.3, 0.4) is 0 Å². The van der Waals surface area contributed by atoms with Gasteiger partial charge in [0.25, 0.3) is 5.91 Å². The number of benzene rings is 2. The molecule has 0 bridgehead atoms. The van der Waals surface area contributed by atoms with E-state index in [1.165, 1.54) is 31.2 Å². The van der Waals surface area contributed by atoms with Gasteiger partial charge < -0.3 is 26.2 Å². The van der Waals surface area contributed by atoms with Gasteiger partial charge in [-0.05, 0) is 80.1 Å². The van der Waals surface area contributed by atoms with Gasteiger partial charge in [-0.25, -0.2) is 9.37 Å². The fourth-order valence-corrected chi connectivity index (χ4v) is 5.77. The van der Waals surface area contributed by atoms with Crippen LogP contribution in [0.5, 0.6) is 5.75 Å². The van der Waals surface area contributed by atoms with Crippen LogP contribution in [0.1, 0.15) is 60.6 Å². The number of halogens is 4. The molecule has 0 spiro atoms. The summed E-state index contributed by atoms with van der Waals surface area (Å²) in [6, 6.07) is 13.7. The lowest BCUT2D eigenvalue weighted by atomic mass is 9.81. The highest BCUT2D eigenvalue weighted by atomic mass is 19.4. The van der Waals surface area contributed by atoms with Crippen LogP contribution in [-0.4, -0.2) is 56.4 Å². The zero-order valence-corrected chi connectivity index (χ0v) is 28.8. The number of hydrogen-bond acceptors (Lipinski definition) is 9. The Morgan fingerprint density at radius 2 is 1.71 bits per heavy atom. The van der Waals surface area contributed by atoms with E-state index in [9.17, 15) is 32.3 Å². The molecule has 0 saturated heterocycles. The number of rotatable bonds is 8. The number of hydrogen-bond donors (Lipinski definition) is 4. The largest absolute Gasteiger partial charge is 0.489 e. The maximum Gasteiger partial charge on any atom is 0.424 e. The molecule has 1 aliphatic heterocycles. The Labute approximate surface area is 295 Å². The Morgan fingerprint density at radius 3 is 2.33 bits per heavy atom. The number of amides is 2. The number of aryl methyl sites for hydroxylation is 1. The molecule has 52 heavy (non-hydrogen) atoms. The lowest BCUT2D eigenvalue weighted by molar-refractivity contribution is -0.265. The maximum absolute atomic E-state index is 14.9. The van der Waals surface area contributed by atoms with E-state index >= 15 is 0 Å². The van der Waals surface area contributed by atoms with E-state index in [2.05, 4.69) is 30.8 Å². The first kappa shape index (κ1) is 36.1. The van der Waals surface area contributed by atoms with Gasteiger partial charge in [0.2, 0.25) is 11.5 Å². The van der Waals surface area contributed by atoms with Crippen molar-refractivity contribution in [1.82, 2.24) is 25.5 Å². The Balaban J connectivity index is 1.38. The predicted molar refractivity (Wildman–Crippen MR) is 184 cm³/mol. The van der Waals surface area contributed by atoms with Crippen LogP contribution in [0.2, 0.25) is 0 Å². The second kappa shape index (κ2) is 12.8. The van der Waals surface area contributed by atoms with E-state index in [1.54, 1.807) is 31.3 Å². The highest BCUT2D eigenvalue weighted by Crippen LogP contribution is 2.47. The molecule has 11 nitrogen and oxygen atoms in total. The molecule has 2 aromatic carbocycles. The number of primary amides is 1. The minimum Gasteiger partial charge on any atom is -0.489 e. The first-order valence-electron chi connectivity index (χ1n) is 16.1. The van der Waals surface area contributed by atoms with Crippen molar-refractivity contribution in [1.29, 1.82) is 0 Å². The number of pyridine rings is 2. The van der Waals surface area contributed by atoms with Crippen LogP contribution in [0, 0.1) is 12.7 Å². The quantitative estimate of drug-likeness (QED) is 0.143. The summed E-state index contributed by atoms with van der Waals surface area (Å²) in [5.41, 5.74) is 1.29. The first-order valence-corrected chi connectivity index (χ1v) is 16.1. The molecule has 5 aromatic rings. The summed E-state index contributed by atoms with van der Waals surface area (Å²) in [4.78, 5) is 34.8. The number of nitrogens with two attached hydrogens (primary N) is 1. The minimum atomic E-state index is -5.39. The molecule has 5 N–H and O–H groups in total. The lowest BCUT2D eigenvalue weighted by Crippen LogP contribution is -2.51. The van der Waals surface area contributed by atoms with Gasteiger partial charge in [-0.3, -0.25) is 14.6 Å². The van der Waals surface area contributed by atoms with Crippen LogP contribution in [0.15, 0.2) is 66.9 Å². The molecular weight excluding hydrogens is 682 g/mol. The van der Waals surface area contributed by atoms with Crippen molar-refractivity contribution in [3.05, 3.63) is 101 Å². The number of ether oxygens (including phenoxy) is 1. The average Bonchev–Trinajstić information content (AvgIpc) is 3.43. The summed E-state index contributed by atoms with van der Waals surface area (Å²) in [6.07, 6.45) is -3.76. The number of anilines is 2. The van der Waals surface area contributed by atoms with Crippen molar-refractivity contribution >= 4 is 34.2 Å². The van der Waals surface area contributed by atoms with Gasteiger partial charge in [0.05, 0.1) is 29.1 Å². The van der Waals surface area contributed by atoms with Crippen molar-refractivity contribution in [2.45, 2.75) is 57.2 Å². The van der Waals surface area contributed by atoms with Crippen LogP contribution >= 0.6 is 0 Å². The molecule has 0 saturated carbocycles. The molecule has 1 aliphatic rings. The van der Waals surface area contributed by atoms with E-state index in [0.29, 0.717) is 22.4 Å². The van der Waals surface area contributed by atoms with Crippen molar-refractivity contribution in [3.8, 4) is 17.0 Å². The summed E-state index contributed by atoms with van der Waals surface area (Å²) >= 11 is 0. The van der Waals surface area contributed by atoms with Gasteiger partial charge in [-0.1, -0.05) is 20.8 Å². The summed E-state index contributed by atoms with van der Waals surface area (Å²) < 4.78 is 64.3. The Bertz CT molecular complexity index is 2210. The number of aliphatic hydroxyl groups is 1. The van der Waals surface area contributed by atoms with E-state index in [0.717, 1.165) is 29.5 Å². The van der Waals surface area contributed by atoms with Gasteiger partial charge in [-0.15, -0.1) is 5.10 Å². The fraction of sp³-hybridized carbons (Fsp3) is 0.297. The molecule has 1 unspecified atom stereocenters. The van der Waals surface area contributed by atoms with Crippen molar-refractivity contribution in [2.75, 3.05) is 18.5 Å². The van der Waals surface area contributed by atoms with E-state index < -0.39 is 47.1 Å². The summed E-state index contributed by atoms with van der Waals surface area (Å²) in [5, 5.41) is 25.8. The third-order valence-corrected chi connectivity index (χ3v) is 9.01. The fourth-order valence-electron chi connectivity index (χ4n) is 5.77. The van der Waals surface area contributed by atoms with Crippen molar-refractivity contribution in [3.63, 3.8) is 0 Å². The van der Waals surface area contributed by atoms with E-state index in [4.69, 9.17) is 10.5 Å². The zero-order chi connectivity index (χ0) is 37.8. The molecule has 6 rings (SSSR count). The Kier molecular flexibility index (Phi) is 8.90. The molecule has 2 atom stereocenters. The van der Waals surface area contributed by atoms with Gasteiger partial charge in [0, 0.05) is 33.7 Å². The van der Waals surface area contributed by atoms with Crippen molar-refractivity contribution in [2.24, 2.45) is 5.73 Å². The number of carbonyl (C=O) groups excluding carboxylic acids is 2. The molecular formula is C37H35F4N7O4. The lowest BCUT2D eigenvalue weighted by Gasteiger charge is -2.31. The monoisotopic (exact) mass is 717 g/mol. The molecule has 4 heterocycles. The second-order valence-electron chi connectivity index (χ2n) is 14.1. The van der Waals surface area contributed by atoms with Crippen LogP contribution in [0.4, 0.5) is 29.1 Å². The summed E-state index contributed by atoms with van der Waals surface area (Å²) in [6.45, 7) is 7.47. The van der Waals surface area contributed by atoms with E-state index in [1.807, 2.05) is 20.8 Å². The summed E-state index contributed by atoms with van der Waals surface area (Å²) in [5.74, 6) is -2.15. The van der Waals surface area contributed by atoms with Gasteiger partial charge in [0.1, 0.15) is 29.3 Å². The SMILES string of the molecule is Cc1cnc2c(Nc3ccc(C(C)(C)C)nn3)cc(C(=O)NCC(O)(c3cc4c(c(-c5ccc(F)cc5)n3)OC[C@]4(C)C(N)=O)C(F)(F)F)cc2c1. The molecule has 0 radical (unpaired) electrons. The number of alkyl halides is 3. The van der Waals surface area contributed by atoms with Crippen molar-refractivity contribution < 1.29 is 37.0 Å². The number of aromatic nitrogens is 4. The summed E-state index contributed by atoms with van der Waals surface area (Å²) in [7, 11) is 0. The smallest absolute Gasteiger partial charge is 0.424 e. The highest BCUT2D eigenvalue weighted by molar-refractivity contribution is 6.03. The minimum absolute atomic E-state index is 0.0388. The number of carbonyl (C=O) groups is 2. The predicted octanol–water partition coefficient (Wildman–Crippen LogP) is 5.89. The first-order chi connectivity index (χ1) is 24.3. The van der Waals surface area contributed by atoms with Gasteiger partial charge in [-0.2, -0.15) is 18.3 Å². The standard InChI is InChI=1S/C37H35F4N7O4/c1-19-12-21-13-22(14-25(29(21)43-16-19)45-28-11-10-26(47-48-28)34(2,3)4)32(49)44-17-36(51,37(39,40)41)27-15-24-31(52-18-35(24,5)33(42)50)30(46-27)20-6-8-23(38)9-7-20/h6-16,51H,17-18H2,1-5H3,(H2,42,50)(H,44,49)(H,45,48)/t35-,36?/m0/s1. The topological polar surface area (TPSA) is 165 Å². The third-order valence-electron chi connectivity index (χ3n) is 9.01. The molecule has 2 amide bonds. The van der Waals surface area contributed by atoms with Crippen LogP contribution in [-0.2, 0) is 21.2 Å². The van der Waals surface area contributed by atoms with Crippen LogP contribution in [0.25, 0.3) is 22.2 Å². The highest BCUT2D eigenvalue weighted by Gasteiger charge is 2.57. The van der Waals surface area contributed by atoms with Crippen LogP contribution < -0.4 is 21.1 Å². The average molecular weight is 718 g/mol. The number of nitrogens with one attached hydrogen (secondary N) is 2. The number of fused-ring (bicyclic) bond motifs is 2. The molecule has 15 heteroatoms. The molecule has 0 fully saturated rings. The van der Waals surface area contributed by atoms with Gasteiger partial charge in [0.15, 0.2) is 5.82 Å². The third kappa shape index (κ3) is 6.59. The normalized spacial score (nSPS) is 16.9. The molecule has 3 aromatic heterocycles. The van der Waals surface area contributed by atoms with E-state index in [-0.39, 0.29) is 40.2 Å². The van der Waals surface area contributed by atoms with Gasteiger partial charge >= 0.3 is 6.18 Å². The molecule has 0 aliphatic carbocycles. The maximum atomic E-state index is 14.9. The zero-order valence-electron chi connectivity index (χ0n) is 28.8. The Hall–Kier alpha value is -5.70. The Morgan fingerprint density at radius 1 is 1.00 bits per heavy atom.